The highest BCUT2D eigenvalue weighted by atomic mass is 35.5. The highest BCUT2D eigenvalue weighted by Gasteiger charge is 2.14. The van der Waals surface area contributed by atoms with Crippen molar-refractivity contribution >= 4 is 57.0 Å². The van der Waals surface area contributed by atoms with E-state index in [9.17, 15) is 9.59 Å². The molecule has 0 aliphatic rings. The van der Waals surface area contributed by atoms with E-state index in [-0.39, 0.29) is 5.15 Å². The first-order valence-electron chi connectivity index (χ1n) is 8.79. The first-order chi connectivity index (χ1) is 14.1. The molecule has 4 aromatic rings. The molecule has 7 heteroatoms. The van der Waals surface area contributed by atoms with Crippen molar-refractivity contribution < 1.29 is 9.59 Å². The Hall–Kier alpha value is -3.77. The minimum Gasteiger partial charge on any atom is -0.317 e. The monoisotopic (exact) mass is 402 g/mol. The van der Waals surface area contributed by atoms with E-state index in [4.69, 9.17) is 11.6 Å². The molecule has 3 aromatic carbocycles. The predicted molar refractivity (Wildman–Crippen MR) is 115 cm³/mol. The lowest BCUT2D eigenvalue weighted by Crippen LogP contribution is -2.32. The first kappa shape index (κ1) is 18.6. The number of amides is 2. The quantitative estimate of drug-likeness (QED) is 0.234. The Bertz CT molecular complexity index is 1260. The fourth-order valence-electron chi connectivity index (χ4n) is 2.92. The standard InChI is InChI=1S/C22H15ClN4O2/c23-20-16(12-15-7-2-4-10-18(15)25-20)13-24-27-22(29)21(28)26-19-11-5-8-14-6-1-3-9-17(14)19/h1-13H,(H,26,28)(H,27,29)/b24-13-. The van der Waals surface area contributed by atoms with Gasteiger partial charge in [0.1, 0.15) is 5.15 Å². The fraction of sp³-hybridized carbons (Fsp3) is 0. The van der Waals surface area contributed by atoms with Gasteiger partial charge in [0.05, 0.1) is 11.7 Å². The number of nitrogens with zero attached hydrogens (tertiary/aromatic N) is 2. The van der Waals surface area contributed by atoms with Crippen molar-refractivity contribution in [2.75, 3.05) is 5.32 Å². The number of carbonyl (C=O) groups excluding carboxylic acids is 2. The number of hydrazone groups is 1. The van der Waals surface area contributed by atoms with Crippen LogP contribution in [0.5, 0.6) is 0 Å². The third-order valence-electron chi connectivity index (χ3n) is 4.32. The van der Waals surface area contributed by atoms with E-state index < -0.39 is 11.8 Å². The molecule has 0 atom stereocenters. The summed E-state index contributed by atoms with van der Waals surface area (Å²) < 4.78 is 0. The second-order valence-electron chi connectivity index (χ2n) is 6.24. The second kappa shape index (κ2) is 8.08. The number of pyridine rings is 1. The van der Waals surface area contributed by atoms with Gasteiger partial charge in [-0.3, -0.25) is 9.59 Å². The van der Waals surface area contributed by atoms with Crippen LogP contribution in [0, 0.1) is 0 Å². The molecule has 0 spiro atoms. The third-order valence-corrected chi connectivity index (χ3v) is 4.62. The Morgan fingerprint density at radius 1 is 0.897 bits per heavy atom. The molecule has 0 fully saturated rings. The van der Waals surface area contributed by atoms with Gasteiger partial charge in [0.25, 0.3) is 0 Å². The van der Waals surface area contributed by atoms with Gasteiger partial charge in [-0.25, -0.2) is 10.4 Å². The number of hydrogen-bond acceptors (Lipinski definition) is 4. The zero-order valence-electron chi connectivity index (χ0n) is 15.1. The van der Waals surface area contributed by atoms with Crippen LogP contribution >= 0.6 is 11.6 Å². The normalized spacial score (nSPS) is 11.1. The molecule has 1 heterocycles. The minimum absolute atomic E-state index is 0.252. The van der Waals surface area contributed by atoms with Crippen molar-refractivity contribution in [3.8, 4) is 0 Å². The highest BCUT2D eigenvalue weighted by Crippen LogP contribution is 2.23. The molecular formula is C22H15ClN4O2. The van der Waals surface area contributed by atoms with Crippen molar-refractivity contribution in [1.29, 1.82) is 0 Å². The molecule has 0 saturated heterocycles. The Kier molecular flexibility index (Phi) is 5.18. The molecule has 0 aliphatic heterocycles. The van der Waals surface area contributed by atoms with E-state index in [0.29, 0.717) is 11.3 Å². The number of fused-ring (bicyclic) bond motifs is 2. The number of nitrogens with one attached hydrogen (secondary N) is 2. The van der Waals surface area contributed by atoms with Crippen LogP contribution in [0.2, 0.25) is 5.15 Å². The summed E-state index contributed by atoms with van der Waals surface area (Å²) in [5.74, 6) is -1.71. The van der Waals surface area contributed by atoms with Crippen molar-refractivity contribution in [3.05, 3.63) is 83.5 Å². The van der Waals surface area contributed by atoms with Gasteiger partial charge in [0, 0.05) is 22.0 Å². The maximum atomic E-state index is 12.2. The summed E-state index contributed by atoms with van der Waals surface area (Å²) in [6, 6.07) is 22.3. The topological polar surface area (TPSA) is 83.5 Å². The largest absolute Gasteiger partial charge is 0.329 e. The van der Waals surface area contributed by atoms with Gasteiger partial charge in [0.15, 0.2) is 0 Å². The highest BCUT2D eigenvalue weighted by molar-refractivity contribution is 6.40. The molecule has 0 saturated carbocycles. The fourth-order valence-corrected chi connectivity index (χ4v) is 3.12. The van der Waals surface area contributed by atoms with E-state index in [0.717, 1.165) is 21.7 Å². The van der Waals surface area contributed by atoms with E-state index in [1.165, 1.54) is 6.21 Å². The molecule has 142 valence electrons. The second-order valence-corrected chi connectivity index (χ2v) is 6.60. The summed E-state index contributed by atoms with van der Waals surface area (Å²) in [5.41, 5.74) is 4.04. The van der Waals surface area contributed by atoms with Gasteiger partial charge < -0.3 is 5.32 Å². The average Bonchev–Trinajstić information content (AvgIpc) is 2.74. The minimum atomic E-state index is -0.890. The number of halogens is 1. The molecule has 0 bridgehead atoms. The van der Waals surface area contributed by atoms with Crippen LogP contribution in [-0.2, 0) is 9.59 Å². The lowest BCUT2D eigenvalue weighted by molar-refractivity contribution is -0.136. The van der Waals surface area contributed by atoms with Crippen LogP contribution in [-0.4, -0.2) is 23.0 Å². The molecule has 6 nitrogen and oxygen atoms in total. The van der Waals surface area contributed by atoms with Gasteiger partial charge >= 0.3 is 11.8 Å². The smallest absolute Gasteiger partial charge is 0.317 e. The van der Waals surface area contributed by atoms with Gasteiger partial charge in [-0.1, -0.05) is 66.2 Å². The molecule has 2 amide bonds. The van der Waals surface area contributed by atoms with E-state index in [1.54, 1.807) is 12.1 Å². The van der Waals surface area contributed by atoms with Crippen molar-refractivity contribution in [2.24, 2.45) is 5.10 Å². The summed E-state index contributed by atoms with van der Waals surface area (Å²) >= 11 is 6.15. The van der Waals surface area contributed by atoms with E-state index >= 15 is 0 Å². The van der Waals surface area contributed by atoms with Crippen LogP contribution in [0.25, 0.3) is 21.7 Å². The van der Waals surface area contributed by atoms with Crippen LogP contribution in [0.3, 0.4) is 0 Å². The number of para-hydroxylation sites is 1. The molecule has 2 N–H and O–H groups in total. The molecule has 1 aromatic heterocycles. The Balaban J connectivity index is 1.45. The predicted octanol–water partition coefficient (Wildman–Crippen LogP) is 4.13. The summed E-state index contributed by atoms with van der Waals surface area (Å²) in [6.07, 6.45) is 1.35. The summed E-state index contributed by atoms with van der Waals surface area (Å²) in [6.45, 7) is 0. The molecule has 0 aliphatic carbocycles. The lowest BCUT2D eigenvalue weighted by atomic mass is 10.1. The van der Waals surface area contributed by atoms with E-state index in [2.05, 4.69) is 20.8 Å². The first-order valence-corrected chi connectivity index (χ1v) is 9.17. The van der Waals surface area contributed by atoms with Crippen LogP contribution < -0.4 is 10.7 Å². The maximum Gasteiger partial charge on any atom is 0.329 e. The maximum absolute atomic E-state index is 12.2. The van der Waals surface area contributed by atoms with Gasteiger partial charge in [0.2, 0.25) is 0 Å². The van der Waals surface area contributed by atoms with Gasteiger partial charge in [-0.2, -0.15) is 5.10 Å². The molecule has 0 unspecified atom stereocenters. The Morgan fingerprint density at radius 2 is 1.62 bits per heavy atom. The summed E-state index contributed by atoms with van der Waals surface area (Å²) in [4.78, 5) is 28.6. The van der Waals surface area contributed by atoms with E-state index in [1.807, 2.05) is 60.7 Å². The summed E-state index contributed by atoms with van der Waals surface area (Å²) in [5, 5.41) is 9.37. The third kappa shape index (κ3) is 4.07. The van der Waals surface area contributed by atoms with Crippen LogP contribution in [0.15, 0.2) is 77.9 Å². The zero-order valence-corrected chi connectivity index (χ0v) is 15.9. The number of carbonyl (C=O) groups is 2. The number of rotatable bonds is 3. The number of aromatic nitrogens is 1. The SMILES string of the molecule is O=C(N/N=C\c1cc2ccccc2nc1Cl)C(=O)Nc1cccc2ccccc12. The van der Waals surface area contributed by atoms with Gasteiger partial charge in [-0.05, 0) is 23.6 Å². The number of benzene rings is 3. The van der Waals surface area contributed by atoms with Gasteiger partial charge in [-0.15, -0.1) is 0 Å². The van der Waals surface area contributed by atoms with Crippen LogP contribution in [0.1, 0.15) is 5.56 Å². The average molecular weight is 403 g/mol. The molecule has 0 radical (unpaired) electrons. The molecule has 4 rings (SSSR count). The number of hydrogen-bond donors (Lipinski definition) is 2. The zero-order chi connectivity index (χ0) is 20.2. The molecule has 29 heavy (non-hydrogen) atoms. The van der Waals surface area contributed by atoms with Crippen molar-refractivity contribution in [3.63, 3.8) is 0 Å². The van der Waals surface area contributed by atoms with Crippen molar-refractivity contribution in [2.45, 2.75) is 0 Å². The number of anilines is 1. The lowest BCUT2D eigenvalue weighted by Gasteiger charge is -2.07. The Morgan fingerprint density at radius 3 is 2.48 bits per heavy atom. The summed E-state index contributed by atoms with van der Waals surface area (Å²) in [7, 11) is 0. The Labute approximate surface area is 171 Å². The van der Waals surface area contributed by atoms with Crippen molar-refractivity contribution in [1.82, 2.24) is 10.4 Å². The molecular weight excluding hydrogens is 388 g/mol. The van der Waals surface area contributed by atoms with Crippen LogP contribution in [0.4, 0.5) is 5.69 Å².